The van der Waals surface area contributed by atoms with E-state index in [0.29, 0.717) is 19.7 Å². The number of amides is 2. The zero-order valence-electron chi connectivity index (χ0n) is 11.4. The fourth-order valence-corrected chi connectivity index (χ4v) is 2.02. The van der Waals surface area contributed by atoms with Gasteiger partial charge < -0.3 is 15.4 Å². The molecule has 21 heavy (non-hydrogen) atoms. The van der Waals surface area contributed by atoms with E-state index >= 15 is 0 Å². The van der Waals surface area contributed by atoms with Gasteiger partial charge in [-0.1, -0.05) is 28.1 Å². The van der Waals surface area contributed by atoms with Crippen molar-refractivity contribution < 1.29 is 9.53 Å². The molecule has 0 bridgehead atoms. The number of urea groups is 1. The Hall–Kier alpha value is -2.08. The van der Waals surface area contributed by atoms with Gasteiger partial charge in [-0.15, -0.1) is 0 Å². The molecule has 0 aliphatic carbocycles. The second-order valence-corrected chi connectivity index (χ2v) is 5.19. The molecule has 110 valence electrons. The molecular weight excluding hydrogens is 334 g/mol. The lowest BCUT2D eigenvalue weighted by molar-refractivity contribution is 0.236. The Morgan fingerprint density at radius 1 is 1.24 bits per heavy atom. The fourth-order valence-electron chi connectivity index (χ4n) is 1.64. The SMILES string of the molecule is O=C(NCCOc1cccc(Br)c1)NCc1cccnc1. The number of pyridine rings is 1. The number of nitrogens with zero attached hydrogens (tertiary/aromatic N) is 1. The topological polar surface area (TPSA) is 63.2 Å². The molecule has 0 fully saturated rings. The molecule has 0 unspecified atom stereocenters. The lowest BCUT2D eigenvalue weighted by Gasteiger charge is -2.09. The van der Waals surface area contributed by atoms with Gasteiger partial charge in [-0.25, -0.2) is 4.79 Å². The molecule has 1 aromatic carbocycles. The zero-order valence-corrected chi connectivity index (χ0v) is 13.0. The van der Waals surface area contributed by atoms with E-state index < -0.39 is 0 Å². The first-order chi connectivity index (χ1) is 10.2. The average Bonchev–Trinajstić information content (AvgIpc) is 2.51. The Labute approximate surface area is 131 Å². The quantitative estimate of drug-likeness (QED) is 0.788. The first-order valence-corrected chi connectivity index (χ1v) is 7.32. The number of rotatable bonds is 6. The third kappa shape index (κ3) is 5.83. The normalized spacial score (nSPS) is 9.95. The van der Waals surface area contributed by atoms with Crippen molar-refractivity contribution in [2.45, 2.75) is 6.54 Å². The van der Waals surface area contributed by atoms with E-state index in [0.717, 1.165) is 15.8 Å². The van der Waals surface area contributed by atoms with E-state index in [1.165, 1.54) is 0 Å². The second kappa shape index (κ2) is 8.26. The Kier molecular flexibility index (Phi) is 6.02. The summed E-state index contributed by atoms with van der Waals surface area (Å²) in [4.78, 5) is 15.6. The summed E-state index contributed by atoms with van der Waals surface area (Å²) in [7, 11) is 0. The van der Waals surface area contributed by atoms with Crippen molar-refractivity contribution in [3.63, 3.8) is 0 Å². The monoisotopic (exact) mass is 349 g/mol. The number of benzene rings is 1. The molecule has 0 saturated heterocycles. The lowest BCUT2D eigenvalue weighted by atomic mass is 10.3. The van der Waals surface area contributed by atoms with Crippen molar-refractivity contribution in [1.82, 2.24) is 15.6 Å². The number of hydrogen-bond donors (Lipinski definition) is 2. The maximum absolute atomic E-state index is 11.6. The van der Waals surface area contributed by atoms with E-state index in [1.54, 1.807) is 12.4 Å². The lowest BCUT2D eigenvalue weighted by Crippen LogP contribution is -2.37. The second-order valence-electron chi connectivity index (χ2n) is 4.28. The van der Waals surface area contributed by atoms with Crippen LogP contribution in [0.5, 0.6) is 5.75 Å². The highest BCUT2D eigenvalue weighted by atomic mass is 79.9. The Bertz CT molecular complexity index is 578. The van der Waals surface area contributed by atoms with Gasteiger partial charge in [0.2, 0.25) is 0 Å². The number of aromatic nitrogens is 1. The summed E-state index contributed by atoms with van der Waals surface area (Å²) in [5.41, 5.74) is 0.957. The van der Waals surface area contributed by atoms with Crippen molar-refractivity contribution in [3.05, 3.63) is 58.8 Å². The van der Waals surface area contributed by atoms with Gasteiger partial charge in [0, 0.05) is 23.4 Å². The molecule has 2 rings (SSSR count). The van der Waals surface area contributed by atoms with Gasteiger partial charge in [-0.2, -0.15) is 0 Å². The van der Waals surface area contributed by atoms with Crippen molar-refractivity contribution in [3.8, 4) is 5.75 Å². The summed E-state index contributed by atoms with van der Waals surface area (Å²) in [6, 6.07) is 11.1. The van der Waals surface area contributed by atoms with E-state index in [2.05, 4.69) is 31.5 Å². The molecule has 2 amide bonds. The van der Waals surface area contributed by atoms with Crippen LogP contribution in [0.25, 0.3) is 0 Å². The number of hydrogen-bond acceptors (Lipinski definition) is 3. The summed E-state index contributed by atoms with van der Waals surface area (Å²) < 4.78 is 6.48. The van der Waals surface area contributed by atoms with E-state index in [-0.39, 0.29) is 6.03 Å². The van der Waals surface area contributed by atoms with E-state index in [1.807, 2.05) is 36.4 Å². The van der Waals surface area contributed by atoms with E-state index in [9.17, 15) is 4.79 Å². The van der Waals surface area contributed by atoms with Crippen LogP contribution in [-0.2, 0) is 6.54 Å². The fraction of sp³-hybridized carbons (Fsp3) is 0.200. The van der Waals surface area contributed by atoms with Crippen LogP contribution in [0, 0.1) is 0 Å². The highest BCUT2D eigenvalue weighted by molar-refractivity contribution is 9.10. The van der Waals surface area contributed by atoms with Crippen LogP contribution < -0.4 is 15.4 Å². The average molecular weight is 350 g/mol. The number of halogens is 1. The van der Waals surface area contributed by atoms with Crippen LogP contribution in [-0.4, -0.2) is 24.2 Å². The van der Waals surface area contributed by atoms with Crippen molar-refractivity contribution in [1.29, 1.82) is 0 Å². The Morgan fingerprint density at radius 2 is 2.14 bits per heavy atom. The molecule has 0 spiro atoms. The van der Waals surface area contributed by atoms with Crippen LogP contribution in [0.4, 0.5) is 4.79 Å². The number of ether oxygens (including phenoxy) is 1. The summed E-state index contributed by atoms with van der Waals surface area (Å²) in [6.45, 7) is 1.30. The van der Waals surface area contributed by atoms with Gasteiger partial charge in [0.1, 0.15) is 12.4 Å². The summed E-state index contributed by atoms with van der Waals surface area (Å²) in [5.74, 6) is 0.766. The highest BCUT2D eigenvalue weighted by Gasteiger charge is 2.00. The molecule has 2 N–H and O–H groups in total. The Balaban J connectivity index is 1.61. The molecule has 1 heterocycles. The third-order valence-electron chi connectivity index (χ3n) is 2.63. The molecule has 1 aromatic heterocycles. The van der Waals surface area contributed by atoms with Crippen LogP contribution in [0.15, 0.2) is 53.3 Å². The van der Waals surface area contributed by atoms with Crippen LogP contribution in [0.3, 0.4) is 0 Å². The molecule has 0 radical (unpaired) electrons. The van der Waals surface area contributed by atoms with Gasteiger partial charge in [0.15, 0.2) is 0 Å². The van der Waals surface area contributed by atoms with Crippen molar-refractivity contribution in [2.24, 2.45) is 0 Å². The van der Waals surface area contributed by atoms with Gasteiger partial charge in [-0.05, 0) is 29.8 Å². The molecule has 0 saturated carbocycles. The summed E-state index contributed by atoms with van der Waals surface area (Å²) >= 11 is 3.37. The van der Waals surface area contributed by atoms with Crippen LogP contribution in [0.2, 0.25) is 0 Å². The minimum atomic E-state index is -0.225. The maximum atomic E-state index is 11.6. The molecule has 0 aliphatic heterocycles. The molecule has 6 heteroatoms. The number of carbonyl (C=O) groups excluding carboxylic acids is 1. The third-order valence-corrected chi connectivity index (χ3v) is 3.12. The number of nitrogens with one attached hydrogen (secondary N) is 2. The molecule has 0 aliphatic rings. The molecule has 5 nitrogen and oxygen atoms in total. The summed E-state index contributed by atoms with van der Waals surface area (Å²) in [6.07, 6.45) is 3.42. The largest absolute Gasteiger partial charge is 0.492 e. The minimum Gasteiger partial charge on any atom is -0.492 e. The van der Waals surface area contributed by atoms with Crippen molar-refractivity contribution >= 4 is 22.0 Å². The van der Waals surface area contributed by atoms with E-state index in [4.69, 9.17) is 4.74 Å². The molecule has 2 aromatic rings. The first-order valence-electron chi connectivity index (χ1n) is 6.53. The van der Waals surface area contributed by atoms with Crippen molar-refractivity contribution in [2.75, 3.05) is 13.2 Å². The first kappa shape index (κ1) is 15.3. The predicted molar refractivity (Wildman–Crippen MR) is 84.1 cm³/mol. The highest BCUT2D eigenvalue weighted by Crippen LogP contribution is 2.17. The Morgan fingerprint density at radius 3 is 2.90 bits per heavy atom. The molecule has 0 atom stereocenters. The maximum Gasteiger partial charge on any atom is 0.315 e. The summed E-state index contributed by atoms with van der Waals surface area (Å²) in [5, 5.41) is 5.48. The standard InChI is InChI=1S/C15H16BrN3O2/c16-13-4-1-5-14(9-13)21-8-7-18-15(20)19-11-12-3-2-6-17-10-12/h1-6,9-10H,7-8,11H2,(H2,18,19,20). The zero-order chi connectivity index (χ0) is 14.9. The molecular formula is C15H16BrN3O2. The van der Waals surface area contributed by atoms with Crippen LogP contribution >= 0.6 is 15.9 Å². The van der Waals surface area contributed by atoms with Gasteiger partial charge in [-0.3, -0.25) is 4.98 Å². The smallest absolute Gasteiger partial charge is 0.315 e. The van der Waals surface area contributed by atoms with Crippen LogP contribution in [0.1, 0.15) is 5.56 Å². The number of carbonyl (C=O) groups is 1. The van der Waals surface area contributed by atoms with Gasteiger partial charge >= 0.3 is 6.03 Å². The predicted octanol–water partition coefficient (Wildman–Crippen LogP) is 2.72. The minimum absolute atomic E-state index is 0.225. The van der Waals surface area contributed by atoms with Gasteiger partial charge in [0.05, 0.1) is 6.54 Å². The van der Waals surface area contributed by atoms with Gasteiger partial charge in [0.25, 0.3) is 0 Å².